The Balaban J connectivity index is 2.70. The van der Waals surface area contributed by atoms with Gasteiger partial charge in [-0.05, 0) is 106 Å². The van der Waals surface area contributed by atoms with Gasteiger partial charge in [-0.1, -0.05) is 6.07 Å². The molecule has 0 aliphatic carbocycles. The molecule has 0 aromatic heterocycles. The van der Waals surface area contributed by atoms with E-state index in [4.69, 9.17) is 0 Å². The van der Waals surface area contributed by atoms with Crippen LogP contribution < -0.4 is 0 Å². The molecule has 0 saturated heterocycles. The minimum absolute atomic E-state index is 0.0858. The van der Waals surface area contributed by atoms with Crippen molar-refractivity contribution >= 4 is 0 Å². The minimum atomic E-state index is -1.34. The van der Waals surface area contributed by atoms with Crippen LogP contribution in [0.15, 0.2) is 30.3 Å². The van der Waals surface area contributed by atoms with Crippen molar-refractivity contribution in [1.29, 1.82) is 5.26 Å². The number of aliphatic hydroxyl groups excluding tert-OH is 1. The molecule has 0 radical (unpaired) electrons. The van der Waals surface area contributed by atoms with E-state index in [0.29, 0.717) is 35.1 Å². The average Bonchev–Trinajstić information content (AvgIpc) is 2.60. The second-order valence-corrected chi connectivity index (χ2v) is 7.64. The van der Waals surface area contributed by atoms with Gasteiger partial charge in [0.2, 0.25) is 0 Å². The largest absolute Gasteiger partial charge is 0.396 e. The maximum Gasteiger partial charge on any atom is 0.123 e. The molecule has 2 N–H and O–H groups in total. The van der Waals surface area contributed by atoms with Crippen molar-refractivity contribution in [3.8, 4) is 6.07 Å². The van der Waals surface area contributed by atoms with E-state index in [1.165, 1.54) is 12.1 Å². The van der Waals surface area contributed by atoms with Crippen molar-refractivity contribution in [2.45, 2.75) is 38.7 Å². The fraction of sp³-hybridized carbons (Fsp3) is 0.435. The molecule has 0 bridgehead atoms. The van der Waals surface area contributed by atoms with Gasteiger partial charge in [0.05, 0.1) is 11.6 Å². The lowest BCUT2D eigenvalue weighted by molar-refractivity contribution is 0.0640. The van der Waals surface area contributed by atoms with Gasteiger partial charge in [0.1, 0.15) is 11.4 Å². The van der Waals surface area contributed by atoms with E-state index in [2.05, 4.69) is 11.0 Å². The van der Waals surface area contributed by atoms with Crippen molar-refractivity contribution in [3.63, 3.8) is 0 Å². The first-order chi connectivity index (χ1) is 13.2. The Morgan fingerprint density at radius 1 is 1.14 bits per heavy atom. The summed E-state index contributed by atoms with van der Waals surface area (Å²) in [5, 5.41) is 30.9. The molecule has 150 valence electrons. The standard InChI is InChI=1S/C23H29FN2O2/c1-16-13-20(24)6-7-21(16)23(28,9-5-10-26(3)4)22-17(2)12-18(15-25)14-19(22)8-11-27/h6-7,12-14,27-28H,5,8-11H2,1-4H3. The molecule has 5 heteroatoms. The number of aryl methyl sites for hydroxylation is 2. The third kappa shape index (κ3) is 4.77. The molecule has 2 aromatic carbocycles. The third-order valence-electron chi connectivity index (χ3n) is 5.12. The van der Waals surface area contributed by atoms with Gasteiger partial charge in [-0.25, -0.2) is 4.39 Å². The number of nitriles is 1. The molecular formula is C23H29FN2O2. The smallest absolute Gasteiger partial charge is 0.123 e. The summed E-state index contributed by atoms with van der Waals surface area (Å²) in [6.07, 6.45) is 1.52. The van der Waals surface area contributed by atoms with Gasteiger partial charge in [0.15, 0.2) is 0 Å². The van der Waals surface area contributed by atoms with Gasteiger partial charge in [0.25, 0.3) is 0 Å². The molecule has 2 aromatic rings. The summed E-state index contributed by atoms with van der Waals surface area (Å²) in [4.78, 5) is 2.05. The molecule has 0 amide bonds. The normalized spacial score (nSPS) is 13.4. The van der Waals surface area contributed by atoms with E-state index >= 15 is 0 Å². The molecule has 0 spiro atoms. The van der Waals surface area contributed by atoms with Crippen molar-refractivity contribution < 1.29 is 14.6 Å². The summed E-state index contributed by atoms with van der Waals surface area (Å²) < 4.78 is 13.7. The monoisotopic (exact) mass is 384 g/mol. The van der Waals surface area contributed by atoms with E-state index in [0.717, 1.165) is 24.1 Å². The Morgan fingerprint density at radius 3 is 2.43 bits per heavy atom. The first kappa shape index (κ1) is 22.0. The molecule has 0 fully saturated rings. The van der Waals surface area contributed by atoms with Crippen LogP contribution in [-0.2, 0) is 12.0 Å². The highest BCUT2D eigenvalue weighted by molar-refractivity contribution is 5.51. The summed E-state index contributed by atoms with van der Waals surface area (Å²) in [7, 11) is 3.96. The number of hydrogen-bond donors (Lipinski definition) is 2. The lowest BCUT2D eigenvalue weighted by atomic mass is 9.75. The number of aliphatic hydroxyl groups is 2. The van der Waals surface area contributed by atoms with Crippen LogP contribution in [0.4, 0.5) is 4.39 Å². The molecule has 0 aliphatic rings. The minimum Gasteiger partial charge on any atom is -0.396 e. The Hall–Kier alpha value is -2.26. The predicted molar refractivity (Wildman–Crippen MR) is 109 cm³/mol. The summed E-state index contributed by atoms with van der Waals surface area (Å²) in [5.74, 6) is -0.343. The van der Waals surface area contributed by atoms with Crippen LogP contribution >= 0.6 is 0 Å². The van der Waals surface area contributed by atoms with Crippen molar-refractivity contribution in [2.24, 2.45) is 0 Å². The Morgan fingerprint density at radius 2 is 1.86 bits per heavy atom. The zero-order valence-electron chi connectivity index (χ0n) is 17.1. The quantitative estimate of drug-likeness (QED) is 0.732. The highest BCUT2D eigenvalue weighted by atomic mass is 19.1. The number of hydrogen-bond acceptors (Lipinski definition) is 4. The van der Waals surface area contributed by atoms with Crippen LogP contribution in [0.3, 0.4) is 0 Å². The van der Waals surface area contributed by atoms with E-state index in [-0.39, 0.29) is 12.4 Å². The third-order valence-corrected chi connectivity index (χ3v) is 5.12. The van der Waals surface area contributed by atoms with Crippen molar-refractivity contribution in [2.75, 3.05) is 27.2 Å². The van der Waals surface area contributed by atoms with E-state index in [1.54, 1.807) is 25.1 Å². The number of nitrogens with zero attached hydrogens (tertiary/aromatic N) is 2. The number of halogens is 1. The van der Waals surface area contributed by atoms with Gasteiger partial charge in [-0.3, -0.25) is 0 Å². The summed E-state index contributed by atoms with van der Waals surface area (Å²) in [6.45, 7) is 4.37. The lowest BCUT2D eigenvalue weighted by Crippen LogP contribution is -2.32. The van der Waals surface area contributed by atoms with Crippen LogP contribution in [0, 0.1) is 31.0 Å². The topological polar surface area (TPSA) is 67.5 Å². The van der Waals surface area contributed by atoms with E-state index in [1.807, 2.05) is 21.0 Å². The number of benzene rings is 2. The Bertz CT molecular complexity index is 874. The number of rotatable bonds is 8. The second-order valence-electron chi connectivity index (χ2n) is 7.64. The molecule has 0 aliphatic heterocycles. The molecule has 4 nitrogen and oxygen atoms in total. The molecule has 28 heavy (non-hydrogen) atoms. The zero-order valence-corrected chi connectivity index (χ0v) is 17.1. The Kier molecular flexibility index (Phi) is 7.31. The van der Waals surface area contributed by atoms with Gasteiger partial charge in [0, 0.05) is 6.61 Å². The van der Waals surface area contributed by atoms with Crippen LogP contribution in [-0.4, -0.2) is 42.4 Å². The summed E-state index contributed by atoms with van der Waals surface area (Å²) >= 11 is 0. The van der Waals surface area contributed by atoms with Gasteiger partial charge in [-0.15, -0.1) is 0 Å². The summed E-state index contributed by atoms with van der Waals surface area (Å²) in [6, 6.07) is 10.1. The fourth-order valence-electron chi connectivity index (χ4n) is 3.97. The van der Waals surface area contributed by atoms with Crippen LogP contribution in [0.2, 0.25) is 0 Å². The lowest BCUT2D eigenvalue weighted by Gasteiger charge is -2.34. The first-order valence-corrected chi connectivity index (χ1v) is 9.51. The maximum absolute atomic E-state index is 13.7. The molecule has 0 heterocycles. The van der Waals surface area contributed by atoms with Crippen molar-refractivity contribution in [1.82, 2.24) is 4.90 Å². The molecule has 2 rings (SSSR count). The van der Waals surface area contributed by atoms with Gasteiger partial charge < -0.3 is 15.1 Å². The highest BCUT2D eigenvalue weighted by Crippen LogP contribution is 2.40. The molecule has 1 unspecified atom stereocenters. The van der Waals surface area contributed by atoms with Crippen LogP contribution in [0.1, 0.15) is 46.2 Å². The van der Waals surface area contributed by atoms with Crippen molar-refractivity contribution in [3.05, 3.63) is 69.5 Å². The zero-order chi connectivity index (χ0) is 20.9. The predicted octanol–water partition coefficient (Wildman–Crippen LogP) is 3.43. The first-order valence-electron chi connectivity index (χ1n) is 9.51. The molecule has 0 saturated carbocycles. The Labute approximate surface area is 166 Å². The summed E-state index contributed by atoms with van der Waals surface area (Å²) in [5.41, 5.74) is 2.72. The van der Waals surface area contributed by atoms with E-state index in [9.17, 15) is 19.9 Å². The highest BCUT2D eigenvalue weighted by Gasteiger charge is 2.36. The second kappa shape index (κ2) is 9.29. The van der Waals surface area contributed by atoms with E-state index < -0.39 is 5.60 Å². The van der Waals surface area contributed by atoms with Gasteiger partial charge in [-0.2, -0.15) is 5.26 Å². The van der Waals surface area contributed by atoms with Gasteiger partial charge >= 0.3 is 0 Å². The fourth-order valence-corrected chi connectivity index (χ4v) is 3.97. The average molecular weight is 384 g/mol. The molecule has 1 atom stereocenters. The maximum atomic E-state index is 13.7. The molecular weight excluding hydrogens is 355 g/mol. The van der Waals surface area contributed by atoms with Crippen LogP contribution in [0.25, 0.3) is 0 Å². The SMILES string of the molecule is Cc1cc(F)ccc1C(O)(CCCN(C)C)c1c(C)cc(C#N)cc1CCO. The van der Waals surface area contributed by atoms with Crippen LogP contribution in [0.5, 0.6) is 0 Å².